The van der Waals surface area contributed by atoms with Gasteiger partial charge in [-0.1, -0.05) is 53.7 Å². The molecule has 0 radical (unpaired) electrons. The van der Waals surface area contributed by atoms with Crippen molar-refractivity contribution >= 4 is 45.1 Å². The molecule has 2 aromatic heterocycles. The van der Waals surface area contributed by atoms with E-state index in [4.69, 9.17) is 20.8 Å². The average molecular weight is 450 g/mol. The van der Waals surface area contributed by atoms with Gasteiger partial charge in [0.2, 0.25) is 5.16 Å². The summed E-state index contributed by atoms with van der Waals surface area (Å²) in [4.78, 5) is 16.5. The third-order valence-electron chi connectivity index (χ3n) is 4.77. The molecular weight excluding hydrogens is 434 g/mol. The minimum Gasteiger partial charge on any atom is -0.486 e. The van der Waals surface area contributed by atoms with Crippen molar-refractivity contribution in [2.75, 3.05) is 0 Å². The Morgan fingerprint density at radius 1 is 1.06 bits per heavy atom. The standard InChI is InChI=1S/C23H16ClN3O3S/c24-16-6-8-17(9-7-16)29-12-20-25-23(27-26-20)31-13-15-11-21(28)30-19-10-5-14-3-1-2-4-18(14)22(15)19/h1-11H,12-13H2,(H,25,26,27). The number of H-pyrrole nitrogens is 1. The van der Waals surface area contributed by atoms with Crippen molar-refractivity contribution < 1.29 is 9.15 Å². The van der Waals surface area contributed by atoms with Crippen molar-refractivity contribution in [3.63, 3.8) is 0 Å². The van der Waals surface area contributed by atoms with Crippen LogP contribution in [0.15, 0.2) is 81.1 Å². The summed E-state index contributed by atoms with van der Waals surface area (Å²) in [5, 5.41) is 11.4. The predicted octanol–water partition coefficient (Wildman–Crippen LogP) is 5.59. The maximum atomic E-state index is 12.1. The molecule has 5 rings (SSSR count). The van der Waals surface area contributed by atoms with Gasteiger partial charge in [0.25, 0.3) is 0 Å². The highest BCUT2D eigenvalue weighted by atomic mass is 35.5. The summed E-state index contributed by atoms with van der Waals surface area (Å²) in [6, 6.07) is 20.5. The number of benzene rings is 3. The Morgan fingerprint density at radius 2 is 1.90 bits per heavy atom. The van der Waals surface area contributed by atoms with Crippen molar-refractivity contribution in [2.45, 2.75) is 17.5 Å². The van der Waals surface area contributed by atoms with Gasteiger partial charge in [0, 0.05) is 22.2 Å². The molecule has 3 aromatic carbocycles. The fourth-order valence-corrected chi connectivity index (χ4v) is 4.29. The quantitative estimate of drug-likeness (QED) is 0.207. The zero-order valence-corrected chi connectivity index (χ0v) is 17.7. The van der Waals surface area contributed by atoms with Gasteiger partial charge in [0.15, 0.2) is 5.82 Å². The lowest BCUT2D eigenvalue weighted by molar-refractivity contribution is 0.296. The zero-order valence-electron chi connectivity index (χ0n) is 16.2. The summed E-state index contributed by atoms with van der Waals surface area (Å²) in [6.45, 7) is 0.262. The molecule has 0 aliphatic heterocycles. The minimum absolute atomic E-state index is 0.262. The van der Waals surface area contributed by atoms with Crippen LogP contribution in [0.1, 0.15) is 11.4 Å². The molecule has 8 heteroatoms. The number of aromatic amines is 1. The lowest BCUT2D eigenvalue weighted by Gasteiger charge is -2.07. The van der Waals surface area contributed by atoms with Crippen molar-refractivity contribution in [3.8, 4) is 5.75 Å². The summed E-state index contributed by atoms with van der Waals surface area (Å²) < 4.78 is 11.1. The minimum atomic E-state index is -0.370. The highest BCUT2D eigenvalue weighted by molar-refractivity contribution is 7.98. The van der Waals surface area contributed by atoms with Gasteiger partial charge in [-0.05, 0) is 46.7 Å². The number of halogens is 1. The molecule has 0 amide bonds. The maximum Gasteiger partial charge on any atom is 0.336 e. The second-order valence-electron chi connectivity index (χ2n) is 6.85. The Balaban J connectivity index is 1.35. The van der Waals surface area contributed by atoms with Gasteiger partial charge in [-0.25, -0.2) is 9.78 Å². The maximum absolute atomic E-state index is 12.1. The van der Waals surface area contributed by atoms with Crippen LogP contribution in [0, 0.1) is 0 Å². The van der Waals surface area contributed by atoms with Gasteiger partial charge in [0.1, 0.15) is 17.9 Å². The van der Waals surface area contributed by atoms with Gasteiger partial charge in [-0.3, -0.25) is 5.10 Å². The monoisotopic (exact) mass is 449 g/mol. The molecular formula is C23H16ClN3O3S. The first-order valence-electron chi connectivity index (χ1n) is 9.53. The number of nitrogens with one attached hydrogen (secondary N) is 1. The highest BCUT2D eigenvalue weighted by Crippen LogP contribution is 2.30. The van der Waals surface area contributed by atoms with Crippen molar-refractivity contribution in [3.05, 3.63) is 93.6 Å². The van der Waals surface area contributed by atoms with E-state index in [2.05, 4.69) is 15.2 Å². The van der Waals surface area contributed by atoms with Crippen LogP contribution in [0.3, 0.4) is 0 Å². The van der Waals surface area contributed by atoms with Gasteiger partial charge in [0.05, 0.1) is 0 Å². The molecule has 2 heterocycles. The van der Waals surface area contributed by atoms with E-state index in [0.717, 1.165) is 21.7 Å². The van der Waals surface area contributed by atoms with Crippen molar-refractivity contribution in [1.29, 1.82) is 0 Å². The number of nitrogens with zero attached hydrogens (tertiary/aromatic N) is 2. The number of rotatable bonds is 6. The topological polar surface area (TPSA) is 81.0 Å². The molecule has 0 spiro atoms. The summed E-state index contributed by atoms with van der Waals surface area (Å²) in [7, 11) is 0. The number of thioether (sulfide) groups is 1. The fourth-order valence-electron chi connectivity index (χ4n) is 3.37. The number of hydrogen-bond acceptors (Lipinski definition) is 6. The molecule has 0 aliphatic rings. The summed E-state index contributed by atoms with van der Waals surface area (Å²) in [5.41, 5.74) is 1.09. The first-order chi connectivity index (χ1) is 15.2. The van der Waals surface area contributed by atoms with Crippen molar-refractivity contribution in [2.24, 2.45) is 0 Å². The third kappa shape index (κ3) is 4.28. The number of ether oxygens (including phenoxy) is 1. The van der Waals surface area contributed by atoms with Gasteiger partial charge >= 0.3 is 5.63 Å². The Hall–Kier alpha value is -3.29. The molecule has 0 saturated heterocycles. The van der Waals surface area contributed by atoms with Crippen LogP contribution < -0.4 is 10.4 Å². The Morgan fingerprint density at radius 3 is 2.77 bits per heavy atom. The first-order valence-corrected chi connectivity index (χ1v) is 10.9. The van der Waals surface area contributed by atoms with Crippen LogP contribution in [-0.4, -0.2) is 15.2 Å². The number of aromatic nitrogens is 3. The Bertz CT molecular complexity index is 1430. The molecule has 31 heavy (non-hydrogen) atoms. The lowest BCUT2D eigenvalue weighted by atomic mass is 10.0. The summed E-state index contributed by atoms with van der Waals surface area (Å²) >= 11 is 7.33. The van der Waals surface area contributed by atoms with E-state index in [1.807, 2.05) is 36.4 Å². The highest BCUT2D eigenvalue weighted by Gasteiger charge is 2.12. The normalized spacial score (nSPS) is 11.3. The van der Waals surface area contributed by atoms with E-state index in [0.29, 0.717) is 33.1 Å². The van der Waals surface area contributed by atoms with Crippen LogP contribution in [0.2, 0.25) is 5.02 Å². The molecule has 0 atom stereocenters. The first kappa shape index (κ1) is 19.7. The molecule has 0 unspecified atom stereocenters. The SMILES string of the molecule is O=c1cc(CSc2n[nH]c(COc3ccc(Cl)cc3)n2)c2c(ccc3ccccc32)o1. The van der Waals surface area contributed by atoms with Gasteiger partial charge < -0.3 is 9.15 Å². The molecule has 0 saturated carbocycles. The Kier molecular flexibility index (Phi) is 5.36. The van der Waals surface area contributed by atoms with E-state index in [9.17, 15) is 4.79 Å². The fraction of sp³-hybridized carbons (Fsp3) is 0.0870. The lowest BCUT2D eigenvalue weighted by Crippen LogP contribution is -2.00. The van der Waals surface area contributed by atoms with E-state index < -0.39 is 0 Å². The largest absolute Gasteiger partial charge is 0.486 e. The third-order valence-corrected chi connectivity index (χ3v) is 5.92. The zero-order chi connectivity index (χ0) is 21.2. The number of fused-ring (bicyclic) bond motifs is 3. The second-order valence-corrected chi connectivity index (χ2v) is 8.23. The second kappa shape index (κ2) is 8.45. The van der Waals surface area contributed by atoms with E-state index in [1.54, 1.807) is 30.3 Å². The van der Waals surface area contributed by atoms with Crippen LogP contribution >= 0.6 is 23.4 Å². The number of hydrogen-bond donors (Lipinski definition) is 1. The van der Waals surface area contributed by atoms with E-state index >= 15 is 0 Å². The van der Waals surface area contributed by atoms with Crippen LogP contribution in [0.4, 0.5) is 0 Å². The van der Waals surface area contributed by atoms with E-state index in [1.165, 1.54) is 11.8 Å². The summed E-state index contributed by atoms with van der Waals surface area (Å²) in [6.07, 6.45) is 0. The smallest absolute Gasteiger partial charge is 0.336 e. The molecule has 0 fully saturated rings. The molecule has 1 N–H and O–H groups in total. The Labute approximate surface area is 186 Å². The molecule has 0 aliphatic carbocycles. The van der Waals surface area contributed by atoms with Gasteiger partial charge in [-0.2, -0.15) is 0 Å². The summed E-state index contributed by atoms with van der Waals surface area (Å²) in [5.74, 6) is 1.84. The molecule has 154 valence electrons. The molecule has 6 nitrogen and oxygen atoms in total. The van der Waals surface area contributed by atoms with Gasteiger partial charge in [-0.15, -0.1) is 5.10 Å². The average Bonchev–Trinajstić information content (AvgIpc) is 3.24. The van der Waals surface area contributed by atoms with Crippen LogP contribution in [0.25, 0.3) is 21.7 Å². The van der Waals surface area contributed by atoms with Crippen LogP contribution in [-0.2, 0) is 12.4 Å². The van der Waals surface area contributed by atoms with E-state index in [-0.39, 0.29) is 12.2 Å². The predicted molar refractivity (Wildman–Crippen MR) is 122 cm³/mol. The molecule has 5 aromatic rings. The van der Waals surface area contributed by atoms with Crippen LogP contribution in [0.5, 0.6) is 5.75 Å². The molecule has 0 bridgehead atoms. The van der Waals surface area contributed by atoms with Crippen molar-refractivity contribution in [1.82, 2.24) is 15.2 Å².